The third-order valence-corrected chi connectivity index (χ3v) is 6.13. The van der Waals surface area contributed by atoms with Crippen LogP contribution in [0, 0.1) is 5.92 Å². The topological polar surface area (TPSA) is 86.5 Å². The highest BCUT2D eigenvalue weighted by molar-refractivity contribution is 6.33. The molecule has 9 heteroatoms. The molecule has 1 saturated heterocycles. The van der Waals surface area contributed by atoms with Crippen molar-refractivity contribution in [2.45, 2.75) is 51.5 Å². The molecule has 2 aliphatic rings. The minimum absolute atomic E-state index is 0. The summed E-state index contributed by atoms with van der Waals surface area (Å²) in [5, 5.41) is 4.89. The number of likely N-dealkylation sites (tertiary alicyclic amines) is 1. The number of halogens is 2. The van der Waals surface area contributed by atoms with Gasteiger partial charge in [0.2, 0.25) is 0 Å². The summed E-state index contributed by atoms with van der Waals surface area (Å²) in [6.07, 6.45) is 6.55. The zero-order valence-electron chi connectivity index (χ0n) is 17.3. The molecule has 1 aliphatic heterocycles. The third kappa shape index (κ3) is 5.31. The number of piperidine rings is 1. The average Bonchev–Trinajstić information content (AvgIpc) is 3.47. The monoisotopic (exact) mass is 456 g/mol. The molecule has 1 aromatic carbocycles. The van der Waals surface area contributed by atoms with Crippen LogP contribution in [0.3, 0.4) is 0 Å². The molecule has 4 rings (SSSR count). The van der Waals surface area contributed by atoms with Gasteiger partial charge in [0.15, 0.2) is 0 Å². The van der Waals surface area contributed by atoms with Crippen LogP contribution in [0.1, 0.15) is 51.5 Å². The minimum atomic E-state index is -0.437. The Bertz CT molecular complexity index is 902. The maximum atomic E-state index is 12.5. The van der Waals surface area contributed by atoms with E-state index in [1.54, 1.807) is 12.1 Å². The third-order valence-electron chi connectivity index (χ3n) is 5.80. The second-order valence-electron chi connectivity index (χ2n) is 8.17. The lowest BCUT2D eigenvalue weighted by Crippen LogP contribution is -2.37. The van der Waals surface area contributed by atoms with Crippen LogP contribution < -0.4 is 16.2 Å². The molecule has 2 aromatic rings. The Hall–Kier alpha value is -1.70. The Balaban J connectivity index is 0.00000256. The van der Waals surface area contributed by atoms with Gasteiger partial charge in [-0.05, 0) is 50.6 Å². The van der Waals surface area contributed by atoms with Crippen LogP contribution in [0.5, 0.6) is 5.75 Å². The molecule has 0 atom stereocenters. The zero-order chi connectivity index (χ0) is 20.4. The second-order valence-corrected chi connectivity index (χ2v) is 8.58. The van der Waals surface area contributed by atoms with Crippen LogP contribution in [-0.2, 0) is 0 Å². The van der Waals surface area contributed by atoms with E-state index in [0.717, 1.165) is 32.5 Å². The Morgan fingerprint density at radius 2 is 2.00 bits per heavy atom. The maximum absolute atomic E-state index is 12.5. The number of nitrogen functional groups attached to an aromatic ring is 1. The molecular formula is C21H30Cl2N4O3. The smallest absolute Gasteiger partial charge is 0.437 e. The molecule has 30 heavy (non-hydrogen) atoms. The fourth-order valence-corrected chi connectivity index (χ4v) is 3.91. The molecule has 1 aliphatic carbocycles. The van der Waals surface area contributed by atoms with Crippen molar-refractivity contribution in [3.05, 3.63) is 27.7 Å². The van der Waals surface area contributed by atoms with E-state index in [-0.39, 0.29) is 24.3 Å². The first-order chi connectivity index (χ1) is 14.0. The predicted molar refractivity (Wildman–Crippen MR) is 121 cm³/mol. The van der Waals surface area contributed by atoms with Gasteiger partial charge in [0.1, 0.15) is 5.75 Å². The normalized spacial score (nSPS) is 17.7. The van der Waals surface area contributed by atoms with Crippen molar-refractivity contribution in [1.29, 1.82) is 0 Å². The van der Waals surface area contributed by atoms with Gasteiger partial charge in [-0.15, -0.1) is 17.5 Å². The fourth-order valence-electron chi connectivity index (χ4n) is 3.75. The summed E-state index contributed by atoms with van der Waals surface area (Å²) >= 11 is 6.22. The molecule has 1 saturated carbocycles. The first kappa shape index (κ1) is 23.0. The minimum Gasteiger partial charge on any atom is -0.492 e. The van der Waals surface area contributed by atoms with E-state index in [2.05, 4.69) is 16.9 Å². The largest absolute Gasteiger partial charge is 0.492 e. The number of hydrogen-bond acceptors (Lipinski definition) is 6. The Kier molecular flexibility index (Phi) is 7.71. The number of nitrogens with two attached hydrogens (primary N) is 1. The number of benzene rings is 1. The van der Waals surface area contributed by atoms with Gasteiger partial charge in [0.25, 0.3) is 5.89 Å². The number of hydrogen-bond donors (Lipinski definition) is 1. The van der Waals surface area contributed by atoms with E-state index in [0.29, 0.717) is 34.5 Å². The van der Waals surface area contributed by atoms with Crippen molar-refractivity contribution >= 4 is 29.7 Å². The van der Waals surface area contributed by atoms with Crippen LogP contribution in [0.2, 0.25) is 5.02 Å². The van der Waals surface area contributed by atoms with E-state index in [9.17, 15) is 4.79 Å². The fraction of sp³-hybridized carbons (Fsp3) is 0.619. The van der Waals surface area contributed by atoms with Gasteiger partial charge in [0, 0.05) is 19.2 Å². The lowest BCUT2D eigenvalue weighted by Gasteiger charge is -2.31. The van der Waals surface area contributed by atoms with Crippen molar-refractivity contribution in [3.63, 3.8) is 0 Å². The SMILES string of the molecule is CCCCN1CCC(n2nc(-c3cc(Cl)c(N)cc3OCC3CC3)oc2=O)CC1.Cl. The van der Waals surface area contributed by atoms with Crippen LogP contribution in [0.25, 0.3) is 11.5 Å². The predicted octanol–water partition coefficient (Wildman–Crippen LogP) is 4.39. The van der Waals surface area contributed by atoms with Gasteiger partial charge >= 0.3 is 5.76 Å². The molecule has 0 bridgehead atoms. The maximum Gasteiger partial charge on any atom is 0.437 e. The quantitative estimate of drug-likeness (QED) is 0.592. The highest BCUT2D eigenvalue weighted by atomic mass is 35.5. The molecule has 0 amide bonds. The van der Waals surface area contributed by atoms with Crippen LogP contribution in [0.15, 0.2) is 21.3 Å². The van der Waals surface area contributed by atoms with Gasteiger partial charge in [-0.2, -0.15) is 4.68 Å². The molecule has 2 fully saturated rings. The molecular weight excluding hydrogens is 427 g/mol. The molecule has 2 N–H and O–H groups in total. The number of aromatic nitrogens is 2. The van der Waals surface area contributed by atoms with Crippen LogP contribution in [0.4, 0.5) is 5.69 Å². The highest BCUT2D eigenvalue weighted by Crippen LogP contribution is 2.37. The van der Waals surface area contributed by atoms with E-state index < -0.39 is 5.76 Å². The van der Waals surface area contributed by atoms with E-state index in [4.69, 9.17) is 26.5 Å². The summed E-state index contributed by atoms with van der Waals surface area (Å²) in [7, 11) is 0. The zero-order valence-corrected chi connectivity index (χ0v) is 18.9. The number of anilines is 1. The van der Waals surface area contributed by atoms with Crippen molar-refractivity contribution in [2.75, 3.05) is 32.0 Å². The summed E-state index contributed by atoms with van der Waals surface area (Å²) in [6, 6.07) is 3.41. The van der Waals surface area contributed by atoms with Gasteiger partial charge < -0.3 is 19.8 Å². The van der Waals surface area contributed by atoms with E-state index >= 15 is 0 Å². The summed E-state index contributed by atoms with van der Waals surface area (Å²) < 4.78 is 12.9. The molecule has 0 radical (unpaired) electrons. The molecule has 7 nitrogen and oxygen atoms in total. The average molecular weight is 457 g/mol. The summed E-state index contributed by atoms with van der Waals surface area (Å²) in [6.45, 7) is 5.89. The number of unbranched alkanes of at least 4 members (excludes halogenated alkanes) is 1. The Morgan fingerprint density at radius 3 is 2.67 bits per heavy atom. The van der Waals surface area contributed by atoms with Gasteiger partial charge in [-0.25, -0.2) is 4.79 Å². The first-order valence-electron chi connectivity index (χ1n) is 10.6. The standard InChI is InChI=1S/C21H29ClN4O3.ClH/c1-2-3-8-25-9-6-15(7-10-25)26-21(27)29-20(24-26)16-11-17(22)18(23)12-19(16)28-13-14-4-5-14;/h11-12,14-15H,2-10,13,23H2,1H3;1H. The van der Waals surface area contributed by atoms with Crippen LogP contribution in [-0.4, -0.2) is 40.9 Å². The van der Waals surface area contributed by atoms with E-state index in [1.165, 1.54) is 30.4 Å². The lowest BCUT2D eigenvalue weighted by molar-refractivity contribution is 0.174. The molecule has 1 aromatic heterocycles. The highest BCUT2D eigenvalue weighted by Gasteiger charge is 2.27. The van der Waals surface area contributed by atoms with Crippen molar-refractivity contribution in [2.24, 2.45) is 5.92 Å². The van der Waals surface area contributed by atoms with Gasteiger partial charge in [-0.1, -0.05) is 24.9 Å². The summed E-state index contributed by atoms with van der Waals surface area (Å²) in [5.41, 5.74) is 6.96. The second kappa shape index (κ2) is 10.1. The van der Waals surface area contributed by atoms with Gasteiger partial charge in [-0.3, -0.25) is 0 Å². The number of rotatable bonds is 8. The number of ether oxygens (including phenoxy) is 1. The van der Waals surface area contributed by atoms with E-state index in [1.807, 2.05) is 0 Å². The molecule has 166 valence electrons. The van der Waals surface area contributed by atoms with Crippen molar-refractivity contribution in [3.8, 4) is 17.2 Å². The molecule has 0 spiro atoms. The lowest BCUT2D eigenvalue weighted by atomic mass is 10.1. The summed E-state index contributed by atoms with van der Waals surface area (Å²) in [5.74, 6) is 0.938. The Morgan fingerprint density at radius 1 is 1.27 bits per heavy atom. The number of nitrogens with zero attached hydrogens (tertiary/aromatic N) is 3. The summed E-state index contributed by atoms with van der Waals surface area (Å²) in [4.78, 5) is 15.0. The first-order valence-corrected chi connectivity index (χ1v) is 11.0. The van der Waals surface area contributed by atoms with Crippen molar-refractivity contribution in [1.82, 2.24) is 14.7 Å². The van der Waals surface area contributed by atoms with Gasteiger partial charge in [0.05, 0.1) is 28.9 Å². The van der Waals surface area contributed by atoms with Crippen molar-refractivity contribution < 1.29 is 9.15 Å². The van der Waals surface area contributed by atoms with Crippen LogP contribution >= 0.6 is 24.0 Å². The molecule has 0 unspecified atom stereocenters. The Labute approximate surface area is 187 Å². The molecule has 2 heterocycles.